The van der Waals surface area contributed by atoms with Crippen LogP contribution in [0.1, 0.15) is 43.5 Å². The standard InChI is InChI=1S/C14H25N3/c1-13-14(2)17(12-15-13)11-7-6-10-16-8-4-3-5-9-16/h12H,3-11H2,1-2H3. The van der Waals surface area contributed by atoms with Gasteiger partial charge in [0.2, 0.25) is 0 Å². The molecule has 0 atom stereocenters. The Morgan fingerprint density at radius 3 is 2.41 bits per heavy atom. The van der Waals surface area contributed by atoms with Crippen molar-refractivity contribution >= 4 is 0 Å². The first-order chi connectivity index (χ1) is 8.27. The lowest BCUT2D eigenvalue weighted by atomic mass is 10.1. The lowest BCUT2D eigenvalue weighted by Crippen LogP contribution is -2.30. The number of aryl methyl sites for hydroxylation is 2. The third-order valence-corrected chi connectivity index (χ3v) is 3.92. The highest BCUT2D eigenvalue weighted by Crippen LogP contribution is 2.10. The second-order valence-corrected chi connectivity index (χ2v) is 5.22. The van der Waals surface area contributed by atoms with Gasteiger partial charge in [0.1, 0.15) is 0 Å². The van der Waals surface area contributed by atoms with Crippen LogP contribution in [0.3, 0.4) is 0 Å². The zero-order valence-corrected chi connectivity index (χ0v) is 11.3. The van der Waals surface area contributed by atoms with Crippen molar-refractivity contribution < 1.29 is 0 Å². The monoisotopic (exact) mass is 235 g/mol. The molecule has 0 aliphatic carbocycles. The molecule has 1 aromatic heterocycles. The van der Waals surface area contributed by atoms with E-state index in [1.165, 1.54) is 63.1 Å². The van der Waals surface area contributed by atoms with E-state index in [4.69, 9.17) is 0 Å². The Kier molecular flexibility index (Phi) is 4.60. The minimum Gasteiger partial charge on any atom is -0.335 e. The highest BCUT2D eigenvalue weighted by atomic mass is 15.1. The van der Waals surface area contributed by atoms with Gasteiger partial charge in [0.15, 0.2) is 0 Å². The maximum atomic E-state index is 4.34. The van der Waals surface area contributed by atoms with Crippen molar-refractivity contribution in [3.05, 3.63) is 17.7 Å². The maximum Gasteiger partial charge on any atom is 0.0951 e. The van der Waals surface area contributed by atoms with Gasteiger partial charge in [0.05, 0.1) is 12.0 Å². The van der Waals surface area contributed by atoms with E-state index < -0.39 is 0 Å². The second kappa shape index (κ2) is 6.20. The summed E-state index contributed by atoms with van der Waals surface area (Å²) in [5.74, 6) is 0. The number of aromatic nitrogens is 2. The molecule has 1 aliphatic heterocycles. The van der Waals surface area contributed by atoms with Crippen LogP contribution >= 0.6 is 0 Å². The van der Waals surface area contributed by atoms with Gasteiger partial charge in [-0.1, -0.05) is 6.42 Å². The zero-order chi connectivity index (χ0) is 12.1. The van der Waals surface area contributed by atoms with Gasteiger partial charge in [-0.2, -0.15) is 0 Å². The molecular weight excluding hydrogens is 210 g/mol. The highest BCUT2D eigenvalue weighted by molar-refractivity contribution is 5.08. The summed E-state index contributed by atoms with van der Waals surface area (Å²) in [5, 5.41) is 0. The number of nitrogens with zero attached hydrogens (tertiary/aromatic N) is 3. The van der Waals surface area contributed by atoms with Gasteiger partial charge in [-0.15, -0.1) is 0 Å². The van der Waals surface area contributed by atoms with Crippen LogP contribution in [-0.4, -0.2) is 34.1 Å². The Morgan fingerprint density at radius 2 is 1.76 bits per heavy atom. The number of rotatable bonds is 5. The van der Waals surface area contributed by atoms with Gasteiger partial charge in [-0.3, -0.25) is 0 Å². The van der Waals surface area contributed by atoms with Gasteiger partial charge in [0.25, 0.3) is 0 Å². The van der Waals surface area contributed by atoms with Crippen molar-refractivity contribution in [2.45, 2.75) is 52.5 Å². The first kappa shape index (κ1) is 12.6. The van der Waals surface area contributed by atoms with Gasteiger partial charge in [-0.25, -0.2) is 4.98 Å². The van der Waals surface area contributed by atoms with E-state index >= 15 is 0 Å². The Labute approximate surface area is 105 Å². The van der Waals surface area contributed by atoms with E-state index in [2.05, 4.69) is 28.3 Å². The molecule has 1 fully saturated rings. The fraction of sp³-hybridized carbons (Fsp3) is 0.786. The van der Waals surface area contributed by atoms with Gasteiger partial charge in [-0.05, 0) is 59.2 Å². The average Bonchev–Trinajstić information content (AvgIpc) is 2.67. The molecule has 0 saturated carbocycles. The Hall–Kier alpha value is -0.830. The van der Waals surface area contributed by atoms with E-state index in [9.17, 15) is 0 Å². The van der Waals surface area contributed by atoms with Crippen LogP contribution in [0, 0.1) is 13.8 Å². The van der Waals surface area contributed by atoms with Gasteiger partial charge in [0, 0.05) is 12.2 Å². The minimum atomic E-state index is 1.13. The van der Waals surface area contributed by atoms with Crippen molar-refractivity contribution in [3.63, 3.8) is 0 Å². The normalized spacial score (nSPS) is 17.5. The van der Waals surface area contributed by atoms with Crippen LogP contribution < -0.4 is 0 Å². The molecule has 1 aromatic rings. The van der Waals surface area contributed by atoms with Crippen LogP contribution in [0.15, 0.2) is 6.33 Å². The second-order valence-electron chi connectivity index (χ2n) is 5.22. The lowest BCUT2D eigenvalue weighted by molar-refractivity contribution is 0.223. The number of hydrogen-bond donors (Lipinski definition) is 0. The van der Waals surface area contributed by atoms with Gasteiger partial charge < -0.3 is 9.47 Å². The summed E-state index contributed by atoms with van der Waals surface area (Å²) in [5.41, 5.74) is 2.49. The summed E-state index contributed by atoms with van der Waals surface area (Å²) >= 11 is 0. The minimum absolute atomic E-state index is 1.13. The molecular formula is C14H25N3. The first-order valence-corrected chi connectivity index (χ1v) is 6.98. The molecule has 0 spiro atoms. The molecule has 96 valence electrons. The molecule has 0 aromatic carbocycles. The third kappa shape index (κ3) is 3.56. The first-order valence-electron chi connectivity index (χ1n) is 6.98. The molecule has 17 heavy (non-hydrogen) atoms. The Bertz CT molecular complexity index is 337. The molecule has 2 rings (SSSR count). The number of piperidine rings is 1. The lowest BCUT2D eigenvalue weighted by Gasteiger charge is -2.26. The topological polar surface area (TPSA) is 21.1 Å². The van der Waals surface area contributed by atoms with E-state index in [0.29, 0.717) is 0 Å². The Balaban J connectivity index is 1.64. The quantitative estimate of drug-likeness (QED) is 0.732. The zero-order valence-electron chi connectivity index (χ0n) is 11.3. The van der Waals surface area contributed by atoms with Crippen LogP contribution in [0.4, 0.5) is 0 Å². The summed E-state index contributed by atoms with van der Waals surface area (Å²) < 4.78 is 2.28. The van der Waals surface area contributed by atoms with Crippen molar-refractivity contribution in [2.24, 2.45) is 0 Å². The summed E-state index contributed by atoms with van der Waals surface area (Å²) in [6.07, 6.45) is 8.80. The van der Waals surface area contributed by atoms with E-state index in [1.54, 1.807) is 0 Å². The molecule has 3 heteroatoms. The SMILES string of the molecule is Cc1ncn(CCCCN2CCCCC2)c1C. The van der Waals surface area contributed by atoms with Crippen LogP contribution in [0.25, 0.3) is 0 Å². The number of hydrogen-bond acceptors (Lipinski definition) is 2. The molecule has 0 amide bonds. The van der Waals surface area contributed by atoms with E-state index in [1.807, 2.05) is 6.33 Å². The van der Waals surface area contributed by atoms with Crippen LogP contribution in [0.5, 0.6) is 0 Å². The molecule has 3 nitrogen and oxygen atoms in total. The molecule has 1 saturated heterocycles. The molecule has 0 N–H and O–H groups in total. The fourth-order valence-corrected chi connectivity index (χ4v) is 2.57. The average molecular weight is 235 g/mol. The summed E-state index contributed by atoms with van der Waals surface area (Å²) in [6, 6.07) is 0. The smallest absolute Gasteiger partial charge is 0.0951 e. The van der Waals surface area contributed by atoms with Crippen LogP contribution in [0.2, 0.25) is 0 Å². The largest absolute Gasteiger partial charge is 0.335 e. The Morgan fingerprint density at radius 1 is 1.06 bits per heavy atom. The van der Waals surface area contributed by atoms with Crippen molar-refractivity contribution in [2.75, 3.05) is 19.6 Å². The predicted octanol–water partition coefficient (Wildman–Crippen LogP) is 2.77. The molecule has 0 unspecified atom stereocenters. The number of imidazole rings is 1. The highest BCUT2D eigenvalue weighted by Gasteiger charge is 2.09. The maximum absolute atomic E-state index is 4.34. The van der Waals surface area contributed by atoms with Gasteiger partial charge >= 0.3 is 0 Å². The molecule has 0 bridgehead atoms. The van der Waals surface area contributed by atoms with Crippen molar-refractivity contribution in [3.8, 4) is 0 Å². The van der Waals surface area contributed by atoms with Crippen molar-refractivity contribution in [1.82, 2.24) is 14.5 Å². The summed E-state index contributed by atoms with van der Waals surface area (Å²) in [7, 11) is 0. The predicted molar refractivity (Wildman–Crippen MR) is 71.2 cm³/mol. The van der Waals surface area contributed by atoms with E-state index in [0.717, 1.165) is 6.54 Å². The fourth-order valence-electron chi connectivity index (χ4n) is 2.57. The number of unbranched alkanes of at least 4 members (excludes halogenated alkanes) is 1. The van der Waals surface area contributed by atoms with Crippen LogP contribution in [-0.2, 0) is 6.54 Å². The molecule has 2 heterocycles. The number of likely N-dealkylation sites (tertiary alicyclic amines) is 1. The summed E-state index contributed by atoms with van der Waals surface area (Å²) in [4.78, 5) is 6.96. The molecule has 0 radical (unpaired) electrons. The van der Waals surface area contributed by atoms with E-state index in [-0.39, 0.29) is 0 Å². The van der Waals surface area contributed by atoms with Crippen molar-refractivity contribution in [1.29, 1.82) is 0 Å². The molecule has 1 aliphatic rings. The third-order valence-electron chi connectivity index (χ3n) is 3.92. The summed E-state index contributed by atoms with van der Waals surface area (Å²) in [6.45, 7) is 9.30.